The van der Waals surface area contributed by atoms with Gasteiger partial charge in [-0.1, -0.05) is 74.5 Å². The first kappa shape index (κ1) is 26.9. The minimum absolute atomic E-state index is 0.000914. The molecule has 2 N–H and O–H groups in total. The average Bonchev–Trinajstić information content (AvgIpc) is 2.80. The largest absolute Gasteiger partial charge is 0.396 e. The second-order valence-corrected chi connectivity index (χ2v) is 8.85. The van der Waals surface area contributed by atoms with Crippen LogP contribution in [0, 0.1) is 0 Å². The summed E-state index contributed by atoms with van der Waals surface area (Å²) in [6.07, 6.45) is 4.16. The fourth-order valence-electron chi connectivity index (χ4n) is 4.05. The molecule has 4 nitrogen and oxygen atoms in total. The van der Waals surface area contributed by atoms with E-state index in [1.165, 1.54) is 0 Å². The van der Waals surface area contributed by atoms with Crippen molar-refractivity contribution in [2.75, 3.05) is 41.9 Å². The summed E-state index contributed by atoms with van der Waals surface area (Å²) in [5, 5.41) is 1.86. The number of anilines is 3. The van der Waals surface area contributed by atoms with Crippen molar-refractivity contribution >= 4 is 51.9 Å². The molecule has 1 saturated heterocycles. The van der Waals surface area contributed by atoms with Crippen molar-refractivity contribution in [2.24, 2.45) is 0 Å². The first-order valence-corrected chi connectivity index (χ1v) is 12.7. The Morgan fingerprint density at radius 3 is 2.38 bits per heavy atom. The van der Waals surface area contributed by atoms with E-state index < -0.39 is 0 Å². The molecule has 1 aliphatic heterocycles. The fourth-order valence-corrected chi connectivity index (χ4v) is 4.73. The lowest BCUT2D eigenvalue weighted by molar-refractivity contribution is 0.0549. The van der Waals surface area contributed by atoms with Crippen LogP contribution < -0.4 is 15.5 Å². The van der Waals surface area contributed by atoms with Crippen LogP contribution in [0.1, 0.15) is 65.0 Å². The summed E-state index contributed by atoms with van der Waals surface area (Å²) in [7, 11) is 0. The van der Waals surface area contributed by atoms with Gasteiger partial charge < -0.3 is 20.3 Å². The van der Waals surface area contributed by atoms with Gasteiger partial charge in [0.2, 0.25) is 0 Å². The number of ether oxygens (including phenoxy) is 1. The number of hydrogen-bond acceptors (Lipinski definition) is 4. The highest BCUT2D eigenvalue weighted by molar-refractivity contribution is 6.36. The number of rotatable bonds is 8. The van der Waals surface area contributed by atoms with Crippen molar-refractivity contribution in [1.82, 2.24) is 0 Å². The Bertz CT molecular complexity index is 863. The monoisotopic (exact) mass is 499 g/mol. The Morgan fingerprint density at radius 1 is 1.00 bits per heavy atom. The Hall–Kier alpha value is -1.33. The van der Waals surface area contributed by atoms with Gasteiger partial charge in [0.05, 0.1) is 39.9 Å². The molecule has 2 aromatic carbocycles. The van der Waals surface area contributed by atoms with E-state index in [4.69, 9.17) is 45.3 Å². The lowest BCUT2D eigenvalue weighted by Gasteiger charge is -2.40. The van der Waals surface area contributed by atoms with Crippen molar-refractivity contribution in [1.29, 1.82) is 0 Å². The zero-order chi connectivity index (χ0) is 23.7. The van der Waals surface area contributed by atoms with Gasteiger partial charge in [-0.05, 0) is 44.0 Å². The second-order valence-electron chi connectivity index (χ2n) is 7.60. The molecule has 1 atom stereocenters. The Labute approximate surface area is 208 Å². The van der Waals surface area contributed by atoms with E-state index in [0.717, 1.165) is 55.7 Å². The van der Waals surface area contributed by atoms with Crippen LogP contribution in [0.5, 0.6) is 0 Å². The number of nitrogen functional groups attached to an aromatic ring is 1. The molecule has 0 aliphatic carbocycles. The highest BCUT2D eigenvalue weighted by Gasteiger charge is 2.27. The van der Waals surface area contributed by atoms with Crippen molar-refractivity contribution < 1.29 is 4.74 Å². The molecule has 0 amide bonds. The Balaban J connectivity index is 0.00000176. The van der Waals surface area contributed by atoms with Gasteiger partial charge in [-0.25, -0.2) is 0 Å². The Kier molecular flexibility index (Phi) is 11.3. The van der Waals surface area contributed by atoms with Crippen LogP contribution in [0.25, 0.3) is 0 Å². The molecule has 0 bridgehead atoms. The molecule has 1 aliphatic rings. The number of halogens is 3. The smallest absolute Gasteiger partial charge is 0.0904 e. The van der Waals surface area contributed by atoms with Crippen LogP contribution in [0.3, 0.4) is 0 Å². The zero-order valence-corrected chi connectivity index (χ0v) is 21.9. The van der Waals surface area contributed by atoms with Gasteiger partial charge in [0.25, 0.3) is 0 Å². The molecule has 178 valence electrons. The molecule has 1 heterocycles. The molecular formula is C25H36Cl3N3O. The van der Waals surface area contributed by atoms with E-state index in [1.807, 2.05) is 39.0 Å². The molecule has 1 fully saturated rings. The third-order valence-corrected chi connectivity index (χ3v) is 6.36. The molecule has 0 aromatic heterocycles. The Morgan fingerprint density at radius 2 is 1.72 bits per heavy atom. The summed E-state index contributed by atoms with van der Waals surface area (Å²) in [5.41, 5.74) is 10.2. The van der Waals surface area contributed by atoms with Crippen LogP contribution in [0.2, 0.25) is 15.1 Å². The van der Waals surface area contributed by atoms with Crippen LogP contribution in [-0.2, 0) is 4.74 Å². The molecule has 1 unspecified atom stereocenters. The minimum Gasteiger partial charge on any atom is -0.396 e. The second kappa shape index (κ2) is 13.4. The molecule has 0 spiro atoms. The summed E-state index contributed by atoms with van der Waals surface area (Å²) in [4.78, 5) is 4.55. The lowest BCUT2D eigenvalue weighted by atomic mass is 9.99. The predicted octanol–water partition coefficient (Wildman–Crippen LogP) is 8.20. The first-order valence-electron chi connectivity index (χ1n) is 11.6. The number of benzene rings is 2. The standard InChI is InChI=1S/C23H30Cl3N3O.C2H6/c1-3-5-7-21(30-4-2)17-9-10-18(25)22(27)23(17)29-13-6-12-28(15-29)20-11-8-16(24)14-19(20)26;1-2/h8-11,14,21H,3-7,12-13,15,27H2,1-2H3;1-2H3. The van der Waals surface area contributed by atoms with E-state index in [-0.39, 0.29) is 6.10 Å². The summed E-state index contributed by atoms with van der Waals surface area (Å²) in [6.45, 7) is 11.4. The lowest BCUT2D eigenvalue weighted by Crippen LogP contribution is -2.46. The SMILES string of the molecule is CC.CCCCC(OCC)c1ccc(Cl)c(N)c1N1CCCN(c2ccc(Cl)cc2Cl)C1. The summed E-state index contributed by atoms with van der Waals surface area (Å²) >= 11 is 19.0. The van der Waals surface area contributed by atoms with E-state index in [9.17, 15) is 0 Å². The van der Waals surface area contributed by atoms with Crippen molar-refractivity contribution in [3.05, 3.63) is 51.0 Å². The maximum absolute atomic E-state index is 6.52. The fraction of sp³-hybridized carbons (Fsp3) is 0.520. The van der Waals surface area contributed by atoms with Gasteiger partial charge in [0.15, 0.2) is 0 Å². The maximum atomic E-state index is 6.52. The normalized spacial score (nSPS) is 14.7. The van der Waals surface area contributed by atoms with Crippen LogP contribution in [-0.4, -0.2) is 26.4 Å². The van der Waals surface area contributed by atoms with E-state index >= 15 is 0 Å². The third kappa shape index (κ3) is 6.60. The van der Waals surface area contributed by atoms with Gasteiger partial charge in [0.1, 0.15) is 0 Å². The quantitative estimate of drug-likeness (QED) is 0.371. The highest BCUT2D eigenvalue weighted by Crippen LogP contribution is 2.41. The first-order chi connectivity index (χ1) is 15.5. The predicted molar refractivity (Wildman–Crippen MR) is 142 cm³/mol. The molecule has 7 heteroatoms. The summed E-state index contributed by atoms with van der Waals surface area (Å²) in [5.74, 6) is 0. The van der Waals surface area contributed by atoms with Crippen LogP contribution in [0.4, 0.5) is 17.1 Å². The van der Waals surface area contributed by atoms with Crippen molar-refractivity contribution in [3.63, 3.8) is 0 Å². The number of nitrogens with zero attached hydrogens (tertiary/aromatic N) is 2. The van der Waals surface area contributed by atoms with Crippen molar-refractivity contribution in [2.45, 2.75) is 59.5 Å². The van der Waals surface area contributed by atoms with Crippen molar-refractivity contribution in [3.8, 4) is 0 Å². The third-order valence-electron chi connectivity index (χ3n) is 5.49. The molecule has 2 aromatic rings. The zero-order valence-electron chi connectivity index (χ0n) is 19.6. The maximum Gasteiger partial charge on any atom is 0.0904 e. The molecular weight excluding hydrogens is 465 g/mol. The van der Waals surface area contributed by atoms with Crippen LogP contribution >= 0.6 is 34.8 Å². The molecule has 3 rings (SSSR count). The summed E-state index contributed by atoms with van der Waals surface area (Å²) in [6, 6.07) is 9.58. The van der Waals surface area contributed by atoms with Gasteiger partial charge in [-0.3, -0.25) is 0 Å². The summed E-state index contributed by atoms with van der Waals surface area (Å²) < 4.78 is 6.13. The van der Waals surface area contributed by atoms with Gasteiger partial charge in [-0.15, -0.1) is 0 Å². The van der Waals surface area contributed by atoms with Gasteiger partial charge >= 0.3 is 0 Å². The highest BCUT2D eigenvalue weighted by atomic mass is 35.5. The van der Waals surface area contributed by atoms with Crippen LogP contribution in [0.15, 0.2) is 30.3 Å². The van der Waals surface area contributed by atoms with E-state index in [0.29, 0.717) is 34.0 Å². The molecule has 0 saturated carbocycles. The van der Waals surface area contributed by atoms with E-state index in [2.05, 4.69) is 22.8 Å². The molecule has 0 radical (unpaired) electrons. The molecule has 32 heavy (non-hydrogen) atoms. The van der Waals surface area contributed by atoms with Gasteiger partial charge in [0, 0.05) is 30.3 Å². The number of nitrogens with two attached hydrogens (primary N) is 1. The van der Waals surface area contributed by atoms with E-state index in [1.54, 1.807) is 6.07 Å². The number of hydrogen-bond donors (Lipinski definition) is 1. The number of unbranched alkanes of at least 4 members (excludes halogenated alkanes) is 1. The topological polar surface area (TPSA) is 41.7 Å². The average molecular weight is 501 g/mol. The van der Waals surface area contributed by atoms with Gasteiger partial charge in [-0.2, -0.15) is 0 Å². The minimum atomic E-state index is -0.000914.